The molecule has 0 fully saturated rings. The van der Waals surface area contributed by atoms with Crippen LogP contribution in [0.3, 0.4) is 0 Å². The van der Waals surface area contributed by atoms with Crippen LogP contribution in [0.15, 0.2) is 21.5 Å². The molecule has 1 atom stereocenters. The summed E-state index contributed by atoms with van der Waals surface area (Å²) >= 11 is 0. The van der Waals surface area contributed by atoms with Gasteiger partial charge in [0, 0.05) is 6.07 Å². The lowest BCUT2D eigenvalue weighted by Crippen LogP contribution is -1.75. The molecule has 0 saturated heterocycles. The average Bonchev–Trinajstić information content (AvgIpc) is 2.71. The van der Waals surface area contributed by atoms with Gasteiger partial charge in [-0.25, -0.2) is 0 Å². The summed E-state index contributed by atoms with van der Waals surface area (Å²) in [6, 6.07) is 1.64. The van der Waals surface area contributed by atoms with Gasteiger partial charge in [0.05, 0.1) is 10.7 Å². The molecule has 68 valence electrons. The molecule has 1 unspecified atom stereocenters. The summed E-state index contributed by atoms with van der Waals surface area (Å²) in [5.74, 6) is 0.426. The number of aliphatic hydroxyl groups excluding tert-OH is 1. The Hall–Kier alpha value is -1.24. The summed E-state index contributed by atoms with van der Waals surface area (Å²) in [4.78, 5) is 4.05. The molecular formula is C7H8N3O2S+. The first kappa shape index (κ1) is 8.36. The Morgan fingerprint density at radius 1 is 1.54 bits per heavy atom. The fourth-order valence-electron chi connectivity index (χ4n) is 0.942. The van der Waals surface area contributed by atoms with Crippen LogP contribution in [0, 0.1) is 0 Å². The van der Waals surface area contributed by atoms with E-state index in [0.717, 1.165) is 0 Å². The molecule has 2 aromatic rings. The van der Waals surface area contributed by atoms with Crippen molar-refractivity contribution in [2.75, 3.05) is 5.14 Å². The van der Waals surface area contributed by atoms with Crippen molar-refractivity contribution >= 4 is 10.7 Å². The second kappa shape index (κ2) is 3.25. The molecule has 0 aliphatic heterocycles. The van der Waals surface area contributed by atoms with Crippen molar-refractivity contribution in [3.8, 4) is 11.4 Å². The highest BCUT2D eigenvalue weighted by molar-refractivity contribution is 7.28. The van der Waals surface area contributed by atoms with Crippen LogP contribution in [0.25, 0.3) is 11.4 Å². The summed E-state index contributed by atoms with van der Waals surface area (Å²) in [6.45, 7) is -0.154. The molecule has 0 aliphatic carbocycles. The normalized spacial score (nSPS) is 12.0. The first-order valence-corrected chi connectivity index (χ1v) is 5.00. The maximum absolute atomic E-state index is 8.73. The molecule has 6 heteroatoms. The van der Waals surface area contributed by atoms with Gasteiger partial charge in [0.25, 0.3) is 5.51 Å². The Balaban J connectivity index is 2.35. The smallest absolute Gasteiger partial charge is 0.251 e. The van der Waals surface area contributed by atoms with Crippen LogP contribution in [0.2, 0.25) is 0 Å². The SMILES string of the molecule is N[s+]1cnc(-c2cc(CO)on2)c1. The van der Waals surface area contributed by atoms with E-state index < -0.39 is 10.7 Å². The third-order valence-corrected chi connectivity index (χ3v) is 2.38. The highest BCUT2D eigenvalue weighted by Crippen LogP contribution is 2.21. The van der Waals surface area contributed by atoms with E-state index >= 15 is 0 Å². The zero-order chi connectivity index (χ0) is 9.26. The Morgan fingerprint density at radius 2 is 2.38 bits per heavy atom. The second-order valence-electron chi connectivity index (χ2n) is 2.48. The number of rotatable bonds is 2. The second-order valence-corrected chi connectivity index (χ2v) is 3.75. The quantitative estimate of drug-likeness (QED) is 0.693. The van der Waals surface area contributed by atoms with Gasteiger partial charge in [-0.3, -0.25) is 0 Å². The Bertz CT molecular complexity index is 409. The standard InChI is InChI=1S/C7H8N3O2S/c8-13-3-7(9-4-13)6-1-5(2-11)12-10-6/h1,3-4,11H,2,8H2/q+1. The van der Waals surface area contributed by atoms with E-state index in [1.54, 1.807) is 17.0 Å². The molecule has 0 radical (unpaired) electrons. The van der Waals surface area contributed by atoms with E-state index in [9.17, 15) is 0 Å². The molecular weight excluding hydrogens is 190 g/mol. The largest absolute Gasteiger partial charge is 0.388 e. The number of nitrogens with zero attached hydrogens (tertiary/aromatic N) is 2. The molecule has 3 N–H and O–H groups in total. The van der Waals surface area contributed by atoms with E-state index in [0.29, 0.717) is 17.1 Å². The predicted octanol–water partition coefficient (Wildman–Crippen LogP) is 0.692. The van der Waals surface area contributed by atoms with Crippen molar-refractivity contribution in [3.05, 3.63) is 22.7 Å². The van der Waals surface area contributed by atoms with Gasteiger partial charge in [-0.2, -0.15) is 4.98 Å². The molecule has 0 bridgehead atoms. The molecule has 2 rings (SSSR count). The molecule has 0 aliphatic rings. The summed E-state index contributed by atoms with van der Waals surface area (Å²) in [7, 11) is -0.394. The maximum Gasteiger partial charge on any atom is 0.251 e. The summed E-state index contributed by atoms with van der Waals surface area (Å²) in [5.41, 5.74) is 2.97. The molecule has 5 nitrogen and oxygen atoms in total. The van der Waals surface area contributed by atoms with Gasteiger partial charge in [0.15, 0.2) is 16.8 Å². The first-order valence-electron chi connectivity index (χ1n) is 3.59. The number of aromatic nitrogens is 2. The molecule has 2 heterocycles. The van der Waals surface area contributed by atoms with Crippen LogP contribution in [-0.4, -0.2) is 15.2 Å². The Kier molecular flexibility index (Phi) is 2.09. The third-order valence-electron chi connectivity index (χ3n) is 1.54. The summed E-state index contributed by atoms with van der Waals surface area (Å²) in [5, 5.41) is 19.9. The first-order chi connectivity index (χ1) is 6.29. The Morgan fingerprint density at radius 3 is 2.92 bits per heavy atom. The highest BCUT2D eigenvalue weighted by atomic mass is 32.2. The lowest BCUT2D eigenvalue weighted by atomic mass is 10.3. The monoisotopic (exact) mass is 198 g/mol. The van der Waals surface area contributed by atoms with Gasteiger partial charge in [-0.15, -0.1) is 5.14 Å². The molecule has 0 aromatic carbocycles. The highest BCUT2D eigenvalue weighted by Gasteiger charge is 2.12. The third kappa shape index (κ3) is 1.59. The van der Waals surface area contributed by atoms with E-state index in [-0.39, 0.29) is 6.61 Å². The summed E-state index contributed by atoms with van der Waals surface area (Å²) in [6.07, 6.45) is 0. The lowest BCUT2D eigenvalue weighted by molar-refractivity contribution is 0.229. The molecule has 0 spiro atoms. The van der Waals surface area contributed by atoms with E-state index in [1.807, 2.05) is 0 Å². The van der Waals surface area contributed by atoms with E-state index in [4.69, 9.17) is 14.8 Å². The minimum Gasteiger partial charge on any atom is -0.388 e. The van der Waals surface area contributed by atoms with Crippen molar-refractivity contribution in [2.24, 2.45) is 0 Å². The predicted molar refractivity (Wildman–Crippen MR) is 48.3 cm³/mol. The van der Waals surface area contributed by atoms with Crippen LogP contribution in [0.4, 0.5) is 0 Å². The van der Waals surface area contributed by atoms with E-state index in [1.165, 1.54) is 0 Å². The number of nitrogen functional groups attached to an aromatic ring is 1. The molecule has 13 heavy (non-hydrogen) atoms. The van der Waals surface area contributed by atoms with Crippen LogP contribution in [0.1, 0.15) is 5.76 Å². The van der Waals surface area contributed by atoms with Gasteiger partial charge in [0.2, 0.25) is 0 Å². The number of hydrogen-bond acceptors (Lipinski definition) is 5. The van der Waals surface area contributed by atoms with Gasteiger partial charge in [-0.05, 0) is 0 Å². The lowest BCUT2D eigenvalue weighted by Gasteiger charge is -1.78. The van der Waals surface area contributed by atoms with Crippen molar-refractivity contribution in [2.45, 2.75) is 6.61 Å². The number of nitrogens with two attached hydrogens (primary N) is 1. The van der Waals surface area contributed by atoms with Crippen molar-refractivity contribution < 1.29 is 9.63 Å². The number of aliphatic hydroxyl groups is 1. The molecule has 2 aromatic heterocycles. The average molecular weight is 198 g/mol. The van der Waals surface area contributed by atoms with E-state index in [2.05, 4.69) is 10.1 Å². The van der Waals surface area contributed by atoms with Crippen LogP contribution in [-0.2, 0) is 6.61 Å². The molecule has 0 amide bonds. The fourth-order valence-corrected chi connectivity index (χ4v) is 1.68. The summed E-state index contributed by atoms with van der Waals surface area (Å²) < 4.78 is 4.81. The van der Waals surface area contributed by atoms with Crippen LogP contribution >= 0.6 is 10.7 Å². The maximum atomic E-state index is 8.73. The van der Waals surface area contributed by atoms with Gasteiger partial charge >= 0.3 is 0 Å². The van der Waals surface area contributed by atoms with Crippen LogP contribution < -0.4 is 5.14 Å². The van der Waals surface area contributed by atoms with Crippen molar-refractivity contribution in [1.29, 1.82) is 0 Å². The zero-order valence-electron chi connectivity index (χ0n) is 6.67. The van der Waals surface area contributed by atoms with Gasteiger partial charge < -0.3 is 9.63 Å². The molecule has 0 saturated carbocycles. The fraction of sp³-hybridized carbons (Fsp3) is 0.143. The number of thiazole rings is 1. The van der Waals surface area contributed by atoms with Crippen molar-refractivity contribution in [1.82, 2.24) is 10.1 Å². The van der Waals surface area contributed by atoms with Gasteiger partial charge in [-0.1, -0.05) is 5.16 Å². The zero-order valence-corrected chi connectivity index (χ0v) is 7.49. The minimum absolute atomic E-state index is 0.154. The minimum atomic E-state index is -0.394. The topological polar surface area (TPSA) is 85.2 Å². The van der Waals surface area contributed by atoms with Crippen LogP contribution in [0.5, 0.6) is 0 Å². The van der Waals surface area contributed by atoms with Gasteiger partial charge in [0.1, 0.15) is 12.3 Å². The number of hydrogen-bond donors (Lipinski definition) is 2. The van der Waals surface area contributed by atoms with Crippen molar-refractivity contribution in [3.63, 3.8) is 0 Å². The Labute approximate surface area is 76.9 Å².